The number of nitrogens with one attached hydrogen (secondary N) is 2. The van der Waals surface area contributed by atoms with E-state index in [2.05, 4.69) is 10.6 Å². The number of carbonyl (C=O) groups excluding carboxylic acids is 3. The Kier molecular flexibility index (Phi) is 8.02. The smallest absolute Gasteiger partial charge is 0.307 e. The minimum Gasteiger partial charge on any atom is -0.494 e. The molecule has 0 aromatic heterocycles. The van der Waals surface area contributed by atoms with Crippen LogP contribution in [-0.4, -0.2) is 38.0 Å². The number of methoxy groups -OCH3 is 1. The lowest BCUT2D eigenvalue weighted by Crippen LogP contribution is -2.39. The minimum absolute atomic E-state index is 0.000902. The maximum absolute atomic E-state index is 12.3. The standard InChI is InChI=1S/C21H24N2O5/c1-3-28-17-11-9-16(10-12-17)21(26)22-14-19(24)23-18(13-20(25)27-2)15-7-5-4-6-8-15/h4-12,18H,3,13-14H2,1-2H3,(H,22,26)(H,23,24)/t18-/m0/s1. The van der Waals surface area contributed by atoms with Gasteiger partial charge in [-0.1, -0.05) is 30.3 Å². The summed E-state index contributed by atoms with van der Waals surface area (Å²) in [5, 5.41) is 5.32. The molecule has 2 amide bonds. The van der Waals surface area contributed by atoms with Crippen LogP contribution in [0.25, 0.3) is 0 Å². The van der Waals surface area contributed by atoms with E-state index in [1.54, 1.807) is 24.3 Å². The number of carbonyl (C=O) groups is 3. The minimum atomic E-state index is -0.538. The molecule has 0 aliphatic heterocycles. The second-order valence-corrected chi connectivity index (χ2v) is 5.95. The number of amides is 2. The lowest BCUT2D eigenvalue weighted by Gasteiger charge is -2.18. The monoisotopic (exact) mass is 384 g/mol. The van der Waals surface area contributed by atoms with E-state index in [9.17, 15) is 14.4 Å². The third-order valence-electron chi connectivity index (χ3n) is 3.97. The highest BCUT2D eigenvalue weighted by atomic mass is 16.5. The van der Waals surface area contributed by atoms with Gasteiger partial charge in [0.05, 0.1) is 32.7 Å². The van der Waals surface area contributed by atoms with Crippen LogP contribution < -0.4 is 15.4 Å². The Bertz CT molecular complexity index is 790. The summed E-state index contributed by atoms with van der Waals surface area (Å²) in [7, 11) is 1.29. The molecule has 0 aliphatic rings. The molecule has 2 rings (SSSR count). The topological polar surface area (TPSA) is 93.7 Å². The van der Waals surface area contributed by atoms with E-state index in [1.165, 1.54) is 7.11 Å². The van der Waals surface area contributed by atoms with Crippen molar-refractivity contribution in [3.05, 3.63) is 65.7 Å². The third-order valence-corrected chi connectivity index (χ3v) is 3.97. The van der Waals surface area contributed by atoms with Gasteiger partial charge in [0.1, 0.15) is 5.75 Å². The summed E-state index contributed by atoms with van der Waals surface area (Å²) < 4.78 is 10.0. The number of hydrogen-bond donors (Lipinski definition) is 2. The summed E-state index contributed by atoms with van der Waals surface area (Å²) in [5.41, 5.74) is 1.20. The van der Waals surface area contributed by atoms with E-state index < -0.39 is 17.9 Å². The van der Waals surface area contributed by atoms with E-state index in [0.29, 0.717) is 17.9 Å². The van der Waals surface area contributed by atoms with Gasteiger partial charge in [0.2, 0.25) is 5.91 Å². The zero-order chi connectivity index (χ0) is 20.4. The highest BCUT2D eigenvalue weighted by Gasteiger charge is 2.19. The van der Waals surface area contributed by atoms with Gasteiger partial charge in [-0.2, -0.15) is 0 Å². The third kappa shape index (κ3) is 6.42. The lowest BCUT2D eigenvalue weighted by molar-refractivity contribution is -0.141. The maximum atomic E-state index is 12.3. The summed E-state index contributed by atoms with van der Waals surface area (Å²) in [6, 6.07) is 15.2. The van der Waals surface area contributed by atoms with Gasteiger partial charge in [0.25, 0.3) is 5.91 Å². The summed E-state index contributed by atoms with van der Waals surface area (Å²) in [6.45, 7) is 2.21. The molecule has 2 N–H and O–H groups in total. The second-order valence-electron chi connectivity index (χ2n) is 5.95. The fraction of sp³-hybridized carbons (Fsp3) is 0.286. The predicted molar refractivity (Wildman–Crippen MR) is 104 cm³/mol. The first-order valence-electron chi connectivity index (χ1n) is 8.95. The van der Waals surface area contributed by atoms with Gasteiger partial charge in [0.15, 0.2) is 0 Å². The molecule has 0 radical (unpaired) electrons. The van der Waals surface area contributed by atoms with Crippen molar-refractivity contribution >= 4 is 17.8 Å². The van der Waals surface area contributed by atoms with Crippen LogP contribution in [-0.2, 0) is 14.3 Å². The molecule has 28 heavy (non-hydrogen) atoms. The quantitative estimate of drug-likeness (QED) is 0.647. The van der Waals surface area contributed by atoms with Crippen molar-refractivity contribution in [3.63, 3.8) is 0 Å². The molecule has 0 unspecified atom stereocenters. The van der Waals surface area contributed by atoms with Gasteiger partial charge in [-0.3, -0.25) is 14.4 Å². The van der Waals surface area contributed by atoms with E-state index in [-0.39, 0.29) is 18.9 Å². The maximum Gasteiger partial charge on any atom is 0.307 e. The average Bonchev–Trinajstić information content (AvgIpc) is 2.72. The van der Waals surface area contributed by atoms with E-state index >= 15 is 0 Å². The van der Waals surface area contributed by atoms with Crippen molar-refractivity contribution in [2.24, 2.45) is 0 Å². The van der Waals surface area contributed by atoms with Crippen LogP contribution in [0.4, 0.5) is 0 Å². The van der Waals surface area contributed by atoms with Crippen molar-refractivity contribution in [1.29, 1.82) is 0 Å². The number of rotatable bonds is 9. The first-order chi connectivity index (χ1) is 13.5. The van der Waals surface area contributed by atoms with E-state index in [1.807, 2.05) is 37.3 Å². The highest BCUT2D eigenvalue weighted by molar-refractivity contribution is 5.96. The molecule has 7 nitrogen and oxygen atoms in total. The zero-order valence-corrected chi connectivity index (χ0v) is 15.9. The van der Waals surface area contributed by atoms with Crippen LogP contribution in [0.1, 0.15) is 35.3 Å². The van der Waals surface area contributed by atoms with Gasteiger partial charge in [-0.25, -0.2) is 0 Å². The Morgan fingerprint density at radius 3 is 2.29 bits per heavy atom. The van der Waals surface area contributed by atoms with Crippen LogP contribution in [0.2, 0.25) is 0 Å². The second kappa shape index (κ2) is 10.7. The zero-order valence-electron chi connectivity index (χ0n) is 15.9. The van der Waals surface area contributed by atoms with Crippen LogP contribution in [0, 0.1) is 0 Å². The van der Waals surface area contributed by atoms with Gasteiger partial charge < -0.3 is 20.1 Å². The Hall–Kier alpha value is -3.35. The van der Waals surface area contributed by atoms with Crippen molar-refractivity contribution in [2.45, 2.75) is 19.4 Å². The highest BCUT2D eigenvalue weighted by Crippen LogP contribution is 2.17. The van der Waals surface area contributed by atoms with Gasteiger partial charge >= 0.3 is 5.97 Å². The molecular weight excluding hydrogens is 360 g/mol. The number of ether oxygens (including phenoxy) is 2. The summed E-state index contributed by atoms with van der Waals surface area (Å²) in [6.07, 6.45) is -0.000902. The van der Waals surface area contributed by atoms with Crippen LogP contribution in [0.5, 0.6) is 5.75 Å². The Balaban J connectivity index is 1.92. The van der Waals surface area contributed by atoms with Gasteiger partial charge in [-0.05, 0) is 36.8 Å². The molecule has 7 heteroatoms. The summed E-state index contributed by atoms with van der Waals surface area (Å²) >= 11 is 0. The van der Waals surface area contributed by atoms with Gasteiger partial charge in [0, 0.05) is 5.56 Å². The number of benzene rings is 2. The number of hydrogen-bond acceptors (Lipinski definition) is 5. The molecule has 0 spiro atoms. The van der Waals surface area contributed by atoms with Crippen LogP contribution in [0.3, 0.4) is 0 Å². The molecule has 0 heterocycles. The number of esters is 1. The average molecular weight is 384 g/mol. The lowest BCUT2D eigenvalue weighted by atomic mass is 10.0. The van der Waals surface area contributed by atoms with Crippen molar-refractivity contribution in [3.8, 4) is 5.75 Å². The fourth-order valence-corrected chi connectivity index (χ4v) is 2.56. The molecule has 1 atom stereocenters. The molecule has 0 aliphatic carbocycles. The largest absolute Gasteiger partial charge is 0.494 e. The van der Waals surface area contributed by atoms with E-state index in [4.69, 9.17) is 9.47 Å². The Morgan fingerprint density at radius 1 is 1.00 bits per heavy atom. The van der Waals surface area contributed by atoms with Crippen molar-refractivity contribution < 1.29 is 23.9 Å². The van der Waals surface area contributed by atoms with Crippen molar-refractivity contribution in [2.75, 3.05) is 20.3 Å². The summed E-state index contributed by atoms with van der Waals surface area (Å²) in [5.74, 6) is -0.544. The first kappa shape index (κ1) is 21.0. The molecule has 0 saturated carbocycles. The molecule has 148 valence electrons. The molecule has 0 bridgehead atoms. The predicted octanol–water partition coefficient (Wildman–Crippen LogP) is 2.24. The normalized spacial score (nSPS) is 11.2. The molecule has 2 aromatic carbocycles. The summed E-state index contributed by atoms with van der Waals surface area (Å²) in [4.78, 5) is 36.1. The van der Waals surface area contributed by atoms with Crippen LogP contribution in [0.15, 0.2) is 54.6 Å². The van der Waals surface area contributed by atoms with Crippen molar-refractivity contribution in [1.82, 2.24) is 10.6 Å². The Morgan fingerprint density at radius 2 is 1.68 bits per heavy atom. The van der Waals surface area contributed by atoms with Crippen LogP contribution >= 0.6 is 0 Å². The Labute approximate surface area is 164 Å². The van der Waals surface area contributed by atoms with E-state index in [0.717, 1.165) is 5.56 Å². The first-order valence-corrected chi connectivity index (χ1v) is 8.95. The molecular formula is C21H24N2O5. The molecule has 0 fully saturated rings. The van der Waals surface area contributed by atoms with Gasteiger partial charge in [-0.15, -0.1) is 0 Å². The fourth-order valence-electron chi connectivity index (χ4n) is 2.56. The SMILES string of the molecule is CCOc1ccc(C(=O)NCC(=O)N[C@@H](CC(=O)OC)c2ccccc2)cc1. The molecule has 2 aromatic rings. The molecule has 0 saturated heterocycles.